The Kier molecular flexibility index (Phi) is 34.0. The van der Waals surface area contributed by atoms with E-state index < -0.39 is 0 Å². The lowest BCUT2D eigenvalue weighted by Crippen LogP contribution is -2.16. The Morgan fingerprint density at radius 1 is 0.286 bits per heavy atom. The van der Waals surface area contributed by atoms with Crippen LogP contribution in [0.1, 0.15) is 143 Å². The molecule has 0 bridgehead atoms. The van der Waals surface area contributed by atoms with E-state index in [1.54, 1.807) is 0 Å². The van der Waals surface area contributed by atoms with Crippen LogP contribution in [0, 0.1) is 0 Å². The summed E-state index contributed by atoms with van der Waals surface area (Å²) in [6, 6.07) is 0. The van der Waals surface area contributed by atoms with Crippen LogP contribution in [-0.2, 0) is 0 Å². The highest BCUT2D eigenvalue weighted by molar-refractivity contribution is 4.51. The molecule has 0 saturated carbocycles. The molecule has 172 valence electrons. The minimum absolute atomic E-state index is 1.23. The van der Waals surface area contributed by atoms with E-state index in [0.717, 1.165) is 0 Å². The number of hydrogen-bond donors (Lipinski definition) is 2. The number of unbranched alkanes of at least 4 members (excludes halogenated alkanes) is 14. The van der Waals surface area contributed by atoms with Crippen molar-refractivity contribution in [2.75, 3.05) is 26.2 Å². The molecule has 0 heterocycles. The van der Waals surface area contributed by atoms with Gasteiger partial charge in [0.2, 0.25) is 0 Å². The predicted molar refractivity (Wildman–Crippen MR) is 132 cm³/mol. The van der Waals surface area contributed by atoms with Crippen molar-refractivity contribution in [1.29, 1.82) is 0 Å². The van der Waals surface area contributed by atoms with Crippen LogP contribution in [0.2, 0.25) is 0 Å². The molecular weight excluding hydrogens is 340 g/mol. The molecule has 0 atom stereocenters. The zero-order valence-corrected chi connectivity index (χ0v) is 20.6. The summed E-state index contributed by atoms with van der Waals surface area (Å²) in [4.78, 5) is 0. The summed E-state index contributed by atoms with van der Waals surface area (Å²) in [5, 5.41) is 7.04. The van der Waals surface area contributed by atoms with Crippen molar-refractivity contribution in [2.24, 2.45) is 0 Å². The summed E-state index contributed by atoms with van der Waals surface area (Å²) in [6.45, 7) is 14.0. The summed E-state index contributed by atoms with van der Waals surface area (Å²) in [5.74, 6) is 0. The Morgan fingerprint density at radius 3 is 0.750 bits per heavy atom. The van der Waals surface area contributed by atoms with Crippen LogP contribution in [0.5, 0.6) is 0 Å². The van der Waals surface area contributed by atoms with Crippen molar-refractivity contribution in [3.8, 4) is 0 Å². The number of hydrogen-bond acceptors (Lipinski definition) is 2. The topological polar surface area (TPSA) is 24.1 Å². The van der Waals surface area contributed by atoms with Gasteiger partial charge in [0.15, 0.2) is 0 Å². The normalized spacial score (nSPS) is 10.7. The monoisotopic (exact) mass is 398 g/mol. The molecule has 0 saturated heterocycles. The van der Waals surface area contributed by atoms with Crippen LogP contribution < -0.4 is 10.6 Å². The molecule has 0 radical (unpaired) electrons. The molecule has 0 aliphatic carbocycles. The zero-order valence-electron chi connectivity index (χ0n) is 20.6. The Bertz CT molecular complexity index is 208. The minimum Gasteiger partial charge on any atom is -0.317 e. The van der Waals surface area contributed by atoms with Crippen molar-refractivity contribution >= 4 is 0 Å². The molecule has 0 aromatic carbocycles. The van der Waals surface area contributed by atoms with Gasteiger partial charge in [-0.2, -0.15) is 0 Å². The predicted octanol–water partition coefficient (Wildman–Crippen LogP) is 8.25. The van der Waals surface area contributed by atoms with Crippen molar-refractivity contribution in [3.63, 3.8) is 0 Å². The molecule has 0 aromatic heterocycles. The first kappa shape index (κ1) is 30.1. The second-order valence-corrected chi connectivity index (χ2v) is 8.45. The summed E-state index contributed by atoms with van der Waals surface area (Å²) < 4.78 is 0. The van der Waals surface area contributed by atoms with E-state index in [0.29, 0.717) is 0 Å². The van der Waals surface area contributed by atoms with Gasteiger partial charge in [0.1, 0.15) is 0 Å². The molecular formula is C26H58N2. The van der Waals surface area contributed by atoms with E-state index in [1.165, 1.54) is 142 Å². The first-order valence-electron chi connectivity index (χ1n) is 13.2. The van der Waals surface area contributed by atoms with Gasteiger partial charge >= 0.3 is 0 Å². The van der Waals surface area contributed by atoms with Gasteiger partial charge in [-0.1, -0.05) is 118 Å². The Balaban J connectivity index is 0. The molecule has 2 N–H and O–H groups in total. The fraction of sp³-hybridized carbons (Fsp3) is 1.00. The van der Waals surface area contributed by atoms with E-state index in [9.17, 15) is 0 Å². The molecule has 0 aromatic rings. The molecule has 0 aliphatic heterocycles. The van der Waals surface area contributed by atoms with Crippen LogP contribution in [0.15, 0.2) is 0 Å². The third-order valence-electron chi connectivity index (χ3n) is 5.33. The van der Waals surface area contributed by atoms with Crippen molar-refractivity contribution in [2.45, 2.75) is 143 Å². The SMILES string of the molecule is CCCCCCCNCCCCCCC.CCCCCCNCCCCCC. The maximum absolute atomic E-state index is 3.54. The lowest BCUT2D eigenvalue weighted by molar-refractivity contribution is 0.552. The Hall–Kier alpha value is -0.0800. The second-order valence-electron chi connectivity index (χ2n) is 8.45. The third-order valence-corrected chi connectivity index (χ3v) is 5.33. The molecule has 28 heavy (non-hydrogen) atoms. The lowest BCUT2D eigenvalue weighted by Gasteiger charge is -2.04. The van der Waals surface area contributed by atoms with Gasteiger partial charge in [0, 0.05) is 0 Å². The van der Waals surface area contributed by atoms with E-state index >= 15 is 0 Å². The second kappa shape index (κ2) is 31.6. The molecule has 0 aliphatic rings. The Labute approximate surface area is 180 Å². The molecule has 0 unspecified atom stereocenters. The average molecular weight is 399 g/mol. The Morgan fingerprint density at radius 2 is 0.500 bits per heavy atom. The van der Waals surface area contributed by atoms with E-state index in [2.05, 4.69) is 38.3 Å². The van der Waals surface area contributed by atoms with Crippen molar-refractivity contribution in [3.05, 3.63) is 0 Å². The number of nitrogens with one attached hydrogen (secondary N) is 2. The van der Waals surface area contributed by atoms with Gasteiger partial charge in [-0.15, -0.1) is 0 Å². The van der Waals surface area contributed by atoms with Crippen LogP contribution in [0.25, 0.3) is 0 Å². The van der Waals surface area contributed by atoms with Crippen molar-refractivity contribution < 1.29 is 0 Å². The van der Waals surface area contributed by atoms with E-state index in [1.807, 2.05) is 0 Å². The molecule has 0 spiro atoms. The van der Waals surface area contributed by atoms with Crippen LogP contribution in [0.4, 0.5) is 0 Å². The van der Waals surface area contributed by atoms with Crippen LogP contribution in [0.3, 0.4) is 0 Å². The summed E-state index contributed by atoms with van der Waals surface area (Å²) in [5.41, 5.74) is 0. The summed E-state index contributed by atoms with van der Waals surface area (Å²) in [6.07, 6.45) is 25.0. The maximum atomic E-state index is 3.54. The maximum Gasteiger partial charge on any atom is -0.00489 e. The smallest absolute Gasteiger partial charge is 0.00489 e. The van der Waals surface area contributed by atoms with Gasteiger partial charge in [-0.25, -0.2) is 0 Å². The highest BCUT2D eigenvalue weighted by atomic mass is 14.8. The average Bonchev–Trinajstić information content (AvgIpc) is 2.71. The fourth-order valence-electron chi connectivity index (χ4n) is 3.31. The largest absolute Gasteiger partial charge is 0.317 e. The van der Waals surface area contributed by atoms with Gasteiger partial charge in [0.25, 0.3) is 0 Å². The molecule has 0 fully saturated rings. The van der Waals surface area contributed by atoms with Gasteiger partial charge in [0.05, 0.1) is 0 Å². The molecule has 2 heteroatoms. The molecule has 0 amide bonds. The van der Waals surface area contributed by atoms with Crippen molar-refractivity contribution in [1.82, 2.24) is 10.6 Å². The molecule has 2 nitrogen and oxygen atoms in total. The third kappa shape index (κ3) is 33.5. The van der Waals surface area contributed by atoms with Crippen LogP contribution >= 0.6 is 0 Å². The highest BCUT2D eigenvalue weighted by Crippen LogP contribution is 2.03. The van der Waals surface area contributed by atoms with E-state index in [4.69, 9.17) is 0 Å². The molecule has 0 rings (SSSR count). The first-order chi connectivity index (χ1) is 13.8. The van der Waals surface area contributed by atoms with Gasteiger partial charge < -0.3 is 10.6 Å². The summed E-state index contributed by atoms with van der Waals surface area (Å²) >= 11 is 0. The fourth-order valence-corrected chi connectivity index (χ4v) is 3.31. The van der Waals surface area contributed by atoms with Gasteiger partial charge in [-0.05, 0) is 51.9 Å². The van der Waals surface area contributed by atoms with Crippen LogP contribution in [-0.4, -0.2) is 26.2 Å². The standard InChI is InChI=1S/C14H31N.C12H27N/c1-3-5-7-9-11-13-15-14-12-10-8-6-4-2;1-3-5-7-9-11-13-12-10-8-6-4-2/h15H,3-14H2,1-2H3;13H,3-12H2,1-2H3. The van der Waals surface area contributed by atoms with Gasteiger partial charge in [-0.3, -0.25) is 0 Å². The highest BCUT2D eigenvalue weighted by Gasteiger charge is 1.91. The lowest BCUT2D eigenvalue weighted by atomic mass is 10.1. The first-order valence-corrected chi connectivity index (χ1v) is 13.2. The quantitative estimate of drug-likeness (QED) is 0.179. The number of rotatable bonds is 22. The van der Waals surface area contributed by atoms with E-state index in [-0.39, 0.29) is 0 Å². The zero-order chi connectivity index (χ0) is 21.0. The minimum atomic E-state index is 1.23. The summed E-state index contributed by atoms with van der Waals surface area (Å²) in [7, 11) is 0.